The van der Waals surface area contributed by atoms with Crippen molar-refractivity contribution in [1.82, 2.24) is 5.32 Å². The third kappa shape index (κ3) is 6.54. The molecule has 0 spiro atoms. The lowest BCUT2D eigenvalue weighted by Gasteiger charge is -2.10. The molecule has 28 heavy (non-hydrogen) atoms. The number of anilines is 1. The van der Waals surface area contributed by atoms with Crippen molar-refractivity contribution < 1.29 is 19.5 Å². The highest BCUT2D eigenvalue weighted by atomic mass is 16.4. The normalized spacial score (nSPS) is 11.7. The van der Waals surface area contributed by atoms with E-state index in [0.717, 1.165) is 12.0 Å². The third-order valence-electron chi connectivity index (χ3n) is 4.18. The van der Waals surface area contributed by atoms with Crippen LogP contribution in [-0.4, -0.2) is 28.9 Å². The first-order valence-corrected chi connectivity index (χ1v) is 9.26. The highest BCUT2D eigenvalue weighted by Gasteiger charge is 2.15. The molecule has 2 amide bonds. The fourth-order valence-corrected chi connectivity index (χ4v) is 2.70. The summed E-state index contributed by atoms with van der Waals surface area (Å²) in [5.41, 5.74) is 3.09. The number of rotatable bonds is 8. The number of nitrogens with one attached hydrogen (secondary N) is 2. The molecule has 3 N–H and O–H groups in total. The van der Waals surface area contributed by atoms with Gasteiger partial charge < -0.3 is 15.7 Å². The van der Waals surface area contributed by atoms with Crippen molar-refractivity contribution in [2.75, 3.05) is 5.32 Å². The van der Waals surface area contributed by atoms with E-state index in [1.807, 2.05) is 24.3 Å². The summed E-state index contributed by atoms with van der Waals surface area (Å²) in [5.74, 6) is -1.14. The molecule has 2 rings (SSSR count). The van der Waals surface area contributed by atoms with Crippen molar-refractivity contribution in [2.45, 2.75) is 39.7 Å². The number of carbonyl (C=O) groups excluding carboxylic acids is 2. The second-order valence-electron chi connectivity index (χ2n) is 7.25. The minimum Gasteiger partial charge on any atom is -0.480 e. The van der Waals surface area contributed by atoms with E-state index in [2.05, 4.69) is 24.5 Å². The molecule has 2 aromatic rings. The first kappa shape index (κ1) is 21.2. The van der Waals surface area contributed by atoms with Gasteiger partial charge in [-0.25, -0.2) is 0 Å². The van der Waals surface area contributed by atoms with Gasteiger partial charge in [0.15, 0.2) is 0 Å². The van der Waals surface area contributed by atoms with Crippen LogP contribution in [0.25, 0.3) is 0 Å². The number of carbonyl (C=O) groups is 3. The molecule has 0 bridgehead atoms. The smallest absolute Gasteiger partial charge is 0.325 e. The van der Waals surface area contributed by atoms with Crippen LogP contribution in [0.5, 0.6) is 0 Å². The summed E-state index contributed by atoms with van der Waals surface area (Å²) in [7, 11) is 0. The van der Waals surface area contributed by atoms with Gasteiger partial charge >= 0.3 is 5.97 Å². The number of amides is 2. The summed E-state index contributed by atoms with van der Waals surface area (Å²) in [6.45, 7) is 5.73. The van der Waals surface area contributed by atoms with E-state index >= 15 is 0 Å². The lowest BCUT2D eigenvalue weighted by atomic mass is 10.0. The number of benzene rings is 2. The van der Waals surface area contributed by atoms with Crippen LogP contribution in [0.4, 0.5) is 5.69 Å². The Hall–Kier alpha value is -3.15. The summed E-state index contributed by atoms with van der Waals surface area (Å²) in [4.78, 5) is 35.0. The maximum Gasteiger partial charge on any atom is 0.325 e. The van der Waals surface area contributed by atoms with Gasteiger partial charge in [0.1, 0.15) is 6.04 Å². The number of hydrogen-bond donors (Lipinski definition) is 3. The second kappa shape index (κ2) is 9.69. The average molecular weight is 382 g/mol. The van der Waals surface area contributed by atoms with E-state index in [0.29, 0.717) is 17.2 Å². The maximum atomic E-state index is 12.2. The van der Waals surface area contributed by atoms with Crippen molar-refractivity contribution >= 4 is 23.5 Å². The molecule has 0 aliphatic carbocycles. The first-order chi connectivity index (χ1) is 13.2. The fraction of sp³-hybridized carbons (Fsp3) is 0.318. The Morgan fingerprint density at radius 3 is 2.00 bits per heavy atom. The summed E-state index contributed by atoms with van der Waals surface area (Å²) >= 11 is 0. The van der Waals surface area contributed by atoms with Crippen LogP contribution in [0.2, 0.25) is 0 Å². The van der Waals surface area contributed by atoms with E-state index in [-0.39, 0.29) is 12.3 Å². The molecule has 0 saturated carbocycles. The summed E-state index contributed by atoms with van der Waals surface area (Å²) in [5, 5.41) is 14.0. The molecule has 0 aliphatic rings. The first-order valence-electron chi connectivity index (χ1n) is 9.26. The van der Waals surface area contributed by atoms with Gasteiger partial charge in [-0.2, -0.15) is 0 Å². The average Bonchev–Trinajstić information content (AvgIpc) is 2.63. The zero-order chi connectivity index (χ0) is 20.7. The SMILES string of the molecule is CC(C)Cc1ccc(CC(=O)Nc2ccc(C(=O)NC(C)C(=O)O)cc2)cc1. The predicted molar refractivity (Wildman–Crippen MR) is 108 cm³/mol. The zero-order valence-electron chi connectivity index (χ0n) is 16.4. The topological polar surface area (TPSA) is 95.5 Å². The quantitative estimate of drug-likeness (QED) is 0.653. The monoisotopic (exact) mass is 382 g/mol. The van der Waals surface area contributed by atoms with Gasteiger partial charge in [-0.3, -0.25) is 14.4 Å². The molecule has 0 radical (unpaired) electrons. The van der Waals surface area contributed by atoms with Crippen molar-refractivity contribution in [3.63, 3.8) is 0 Å². The molecule has 0 heterocycles. The Bertz CT molecular complexity index is 827. The van der Waals surface area contributed by atoms with Crippen LogP contribution < -0.4 is 10.6 Å². The minimum atomic E-state index is -1.10. The van der Waals surface area contributed by atoms with Crippen LogP contribution in [0.15, 0.2) is 48.5 Å². The number of carboxylic acids is 1. The number of carboxylic acid groups (broad SMARTS) is 1. The number of aliphatic carboxylic acids is 1. The summed E-state index contributed by atoms with van der Waals surface area (Å²) in [6, 6.07) is 13.4. The minimum absolute atomic E-state index is 0.145. The Balaban J connectivity index is 1.90. The van der Waals surface area contributed by atoms with Crippen molar-refractivity contribution in [3.05, 3.63) is 65.2 Å². The molecular weight excluding hydrogens is 356 g/mol. The van der Waals surface area contributed by atoms with Crippen LogP contribution in [0, 0.1) is 5.92 Å². The van der Waals surface area contributed by atoms with Gasteiger partial charge in [-0.15, -0.1) is 0 Å². The maximum absolute atomic E-state index is 12.2. The van der Waals surface area contributed by atoms with E-state index < -0.39 is 17.9 Å². The van der Waals surface area contributed by atoms with E-state index in [1.165, 1.54) is 12.5 Å². The van der Waals surface area contributed by atoms with Gasteiger partial charge in [0, 0.05) is 11.3 Å². The van der Waals surface area contributed by atoms with Crippen molar-refractivity contribution in [2.24, 2.45) is 5.92 Å². The van der Waals surface area contributed by atoms with Crippen LogP contribution in [0.1, 0.15) is 42.3 Å². The highest BCUT2D eigenvalue weighted by molar-refractivity contribution is 5.97. The molecule has 1 atom stereocenters. The summed E-state index contributed by atoms with van der Waals surface area (Å²) in [6.07, 6.45) is 1.28. The second-order valence-corrected chi connectivity index (χ2v) is 7.25. The highest BCUT2D eigenvalue weighted by Crippen LogP contribution is 2.13. The lowest BCUT2D eigenvalue weighted by Crippen LogP contribution is -2.38. The van der Waals surface area contributed by atoms with Gasteiger partial charge in [0.05, 0.1) is 6.42 Å². The Kier molecular flexibility index (Phi) is 7.32. The Labute approximate surface area is 165 Å². The molecule has 0 fully saturated rings. The molecule has 0 aliphatic heterocycles. The molecular formula is C22H26N2O4. The number of hydrogen-bond acceptors (Lipinski definition) is 3. The van der Waals surface area contributed by atoms with Crippen molar-refractivity contribution in [3.8, 4) is 0 Å². The Morgan fingerprint density at radius 1 is 0.893 bits per heavy atom. The third-order valence-corrected chi connectivity index (χ3v) is 4.18. The van der Waals surface area contributed by atoms with E-state index in [4.69, 9.17) is 5.11 Å². The molecule has 148 valence electrons. The van der Waals surface area contributed by atoms with E-state index in [9.17, 15) is 14.4 Å². The van der Waals surface area contributed by atoms with Crippen LogP contribution in [-0.2, 0) is 22.4 Å². The molecule has 2 aromatic carbocycles. The molecule has 1 unspecified atom stereocenters. The summed E-state index contributed by atoms with van der Waals surface area (Å²) < 4.78 is 0. The molecule has 0 aromatic heterocycles. The zero-order valence-corrected chi connectivity index (χ0v) is 16.4. The largest absolute Gasteiger partial charge is 0.480 e. The van der Waals surface area contributed by atoms with E-state index in [1.54, 1.807) is 24.3 Å². The van der Waals surface area contributed by atoms with Crippen LogP contribution >= 0.6 is 0 Å². The molecule has 6 nitrogen and oxygen atoms in total. The predicted octanol–water partition coefficient (Wildman–Crippen LogP) is 3.27. The fourth-order valence-electron chi connectivity index (χ4n) is 2.70. The van der Waals surface area contributed by atoms with Gasteiger partial charge in [-0.05, 0) is 54.7 Å². The standard InChI is InChI=1S/C22H26N2O4/c1-14(2)12-16-4-6-17(7-5-16)13-20(25)24-19-10-8-18(9-11-19)21(26)23-15(3)22(27)28/h4-11,14-15H,12-13H2,1-3H3,(H,23,26)(H,24,25)(H,27,28). The molecule has 0 saturated heterocycles. The Morgan fingerprint density at radius 2 is 1.46 bits per heavy atom. The van der Waals surface area contributed by atoms with Crippen LogP contribution in [0.3, 0.4) is 0 Å². The van der Waals surface area contributed by atoms with Gasteiger partial charge in [0.2, 0.25) is 5.91 Å². The lowest BCUT2D eigenvalue weighted by molar-refractivity contribution is -0.138. The van der Waals surface area contributed by atoms with Gasteiger partial charge in [0.25, 0.3) is 5.91 Å². The molecule has 6 heteroatoms. The van der Waals surface area contributed by atoms with Crippen molar-refractivity contribution in [1.29, 1.82) is 0 Å². The van der Waals surface area contributed by atoms with Gasteiger partial charge in [-0.1, -0.05) is 38.1 Å².